The van der Waals surface area contributed by atoms with Crippen molar-refractivity contribution in [2.45, 2.75) is 52.4 Å². The second kappa shape index (κ2) is 12.9. The van der Waals surface area contributed by atoms with E-state index in [1.165, 1.54) is 0 Å². The smallest absolute Gasteiger partial charge is 0.404 e. The molecule has 10 heteroatoms. The molecule has 0 radical (unpaired) electrons. The van der Waals surface area contributed by atoms with Crippen LogP contribution in [0, 0.1) is 5.41 Å². The number of carbonyl (C=O) groups excluding carboxylic acids is 2. The third-order valence-corrected chi connectivity index (χ3v) is 3.97. The van der Waals surface area contributed by atoms with Crippen LogP contribution in [-0.2, 0) is 23.7 Å². The van der Waals surface area contributed by atoms with Crippen LogP contribution >= 0.6 is 0 Å². The van der Waals surface area contributed by atoms with Crippen molar-refractivity contribution in [3.8, 4) is 0 Å². The number of ether oxygens (including phenoxy) is 4. The van der Waals surface area contributed by atoms with Crippen LogP contribution in [0.2, 0.25) is 0 Å². The lowest BCUT2D eigenvalue weighted by molar-refractivity contribution is -0.138. The number of carbonyl (C=O) groups is 2. The fourth-order valence-electron chi connectivity index (χ4n) is 2.04. The monoisotopic (exact) mass is 409 g/mol. The van der Waals surface area contributed by atoms with Crippen molar-refractivity contribution in [1.82, 2.24) is 5.32 Å². The van der Waals surface area contributed by atoms with E-state index < -0.39 is 29.3 Å². The van der Waals surface area contributed by atoms with Gasteiger partial charge in [0.25, 0.3) is 0 Å². The van der Waals surface area contributed by atoms with Gasteiger partial charge in [0, 0.05) is 12.6 Å². The molecule has 0 spiro atoms. The third kappa shape index (κ3) is 12.1. The molecule has 0 saturated heterocycles. The van der Waals surface area contributed by atoms with Gasteiger partial charge in [0.2, 0.25) is 5.91 Å². The standard InChI is InChI=1S/C18H36FN3O6/c1-17(2,3)15(20)14(19)18(4,5)28-12-13(23)22-6-7-25-8-9-26-10-11-27-16(21)24/h14-15H,6-12,20H2,1-5H3,(H2,21,24)(H,22,23). The largest absolute Gasteiger partial charge is 0.447 e. The summed E-state index contributed by atoms with van der Waals surface area (Å²) in [6.07, 6.45) is -2.26. The molecule has 2 atom stereocenters. The fraction of sp³-hybridized carbons (Fsp3) is 0.889. The first-order chi connectivity index (χ1) is 12.9. The Morgan fingerprint density at radius 1 is 1.00 bits per heavy atom. The van der Waals surface area contributed by atoms with E-state index in [2.05, 4.69) is 10.1 Å². The summed E-state index contributed by atoms with van der Waals surface area (Å²) in [4.78, 5) is 22.1. The van der Waals surface area contributed by atoms with Crippen LogP contribution in [0.15, 0.2) is 0 Å². The van der Waals surface area contributed by atoms with Crippen molar-refractivity contribution < 1.29 is 32.9 Å². The van der Waals surface area contributed by atoms with E-state index in [0.717, 1.165) is 0 Å². The van der Waals surface area contributed by atoms with Gasteiger partial charge in [-0.25, -0.2) is 9.18 Å². The molecular weight excluding hydrogens is 373 g/mol. The van der Waals surface area contributed by atoms with Crippen molar-refractivity contribution in [2.75, 3.05) is 46.2 Å². The van der Waals surface area contributed by atoms with E-state index in [9.17, 15) is 14.0 Å². The van der Waals surface area contributed by atoms with E-state index in [-0.39, 0.29) is 38.9 Å². The molecule has 0 aromatic carbocycles. The van der Waals surface area contributed by atoms with Crippen LogP contribution in [0.5, 0.6) is 0 Å². The summed E-state index contributed by atoms with van der Waals surface area (Å²) in [5.74, 6) is -0.368. The molecule has 0 aliphatic carbocycles. The molecule has 0 rings (SSSR count). The van der Waals surface area contributed by atoms with Crippen molar-refractivity contribution in [3.05, 3.63) is 0 Å². The summed E-state index contributed by atoms with van der Waals surface area (Å²) in [7, 11) is 0. The maximum atomic E-state index is 14.6. The number of primary amides is 1. The summed E-state index contributed by atoms with van der Waals surface area (Å²) < 4.78 is 35.0. The lowest BCUT2D eigenvalue weighted by atomic mass is 9.80. The minimum atomic E-state index is -1.42. The molecular formula is C18H36FN3O6. The normalized spacial score (nSPS) is 14.4. The number of alkyl halides is 1. The summed E-state index contributed by atoms with van der Waals surface area (Å²) in [5, 5.41) is 2.62. The molecule has 0 aromatic rings. The maximum Gasteiger partial charge on any atom is 0.404 e. The lowest BCUT2D eigenvalue weighted by Gasteiger charge is -2.38. The Bertz CT molecular complexity index is 471. The Morgan fingerprint density at radius 2 is 1.54 bits per heavy atom. The zero-order chi connectivity index (χ0) is 21.8. The summed E-state index contributed by atoms with van der Waals surface area (Å²) >= 11 is 0. The van der Waals surface area contributed by atoms with E-state index >= 15 is 0 Å². The van der Waals surface area contributed by atoms with E-state index in [1.807, 2.05) is 20.8 Å². The Kier molecular flexibility index (Phi) is 12.2. The highest BCUT2D eigenvalue weighted by molar-refractivity contribution is 5.77. The predicted molar refractivity (Wildman–Crippen MR) is 103 cm³/mol. The Morgan fingerprint density at radius 3 is 2.07 bits per heavy atom. The van der Waals surface area contributed by atoms with E-state index in [4.69, 9.17) is 25.7 Å². The number of halogens is 1. The van der Waals surface area contributed by atoms with Gasteiger partial charge in [0.15, 0.2) is 0 Å². The van der Waals surface area contributed by atoms with Crippen LogP contribution < -0.4 is 16.8 Å². The fourth-order valence-corrected chi connectivity index (χ4v) is 2.04. The van der Waals surface area contributed by atoms with Crippen LogP contribution in [-0.4, -0.2) is 76.0 Å². The van der Waals surface area contributed by atoms with Gasteiger partial charge in [-0.05, 0) is 19.3 Å². The second-order valence-corrected chi connectivity index (χ2v) is 7.93. The Labute approximate surface area is 166 Å². The molecule has 0 aliphatic rings. The van der Waals surface area contributed by atoms with Gasteiger partial charge in [-0.1, -0.05) is 20.8 Å². The molecule has 5 N–H and O–H groups in total. The van der Waals surface area contributed by atoms with E-state index in [0.29, 0.717) is 13.2 Å². The minimum Gasteiger partial charge on any atom is -0.447 e. The lowest BCUT2D eigenvalue weighted by Crippen LogP contribution is -2.54. The molecule has 2 amide bonds. The SMILES string of the molecule is CC(C)(C)C(N)C(F)C(C)(C)OCC(=O)NCCOCCOCCOC(N)=O. The molecule has 28 heavy (non-hydrogen) atoms. The van der Waals surface area contributed by atoms with Crippen molar-refractivity contribution in [3.63, 3.8) is 0 Å². The zero-order valence-corrected chi connectivity index (χ0v) is 17.6. The molecule has 0 bridgehead atoms. The number of nitrogens with two attached hydrogens (primary N) is 2. The highest BCUT2D eigenvalue weighted by atomic mass is 19.1. The highest BCUT2D eigenvalue weighted by Crippen LogP contribution is 2.29. The summed E-state index contributed by atoms with van der Waals surface area (Å²) in [5.41, 5.74) is 9.15. The van der Waals surface area contributed by atoms with Gasteiger partial charge in [-0.15, -0.1) is 0 Å². The number of nitrogens with one attached hydrogen (secondary N) is 1. The van der Waals surface area contributed by atoms with Crippen LogP contribution in [0.3, 0.4) is 0 Å². The van der Waals surface area contributed by atoms with Crippen molar-refractivity contribution in [2.24, 2.45) is 16.9 Å². The van der Waals surface area contributed by atoms with Crippen molar-refractivity contribution in [1.29, 1.82) is 0 Å². The Balaban J connectivity index is 3.83. The molecule has 0 fully saturated rings. The predicted octanol–water partition coefficient (Wildman–Crippen LogP) is 0.738. The van der Waals surface area contributed by atoms with Gasteiger partial charge < -0.3 is 35.7 Å². The average molecular weight is 409 g/mol. The van der Waals surface area contributed by atoms with E-state index in [1.54, 1.807) is 13.8 Å². The number of hydrogen-bond acceptors (Lipinski definition) is 7. The molecule has 166 valence electrons. The second-order valence-electron chi connectivity index (χ2n) is 7.93. The first-order valence-corrected chi connectivity index (χ1v) is 9.26. The van der Waals surface area contributed by atoms with Gasteiger partial charge in [-0.2, -0.15) is 0 Å². The topological polar surface area (TPSA) is 135 Å². The first kappa shape index (κ1) is 26.5. The highest BCUT2D eigenvalue weighted by Gasteiger charge is 2.40. The maximum absolute atomic E-state index is 14.6. The van der Waals surface area contributed by atoms with Gasteiger partial charge >= 0.3 is 6.09 Å². The molecule has 0 heterocycles. The Hall–Kier alpha value is -1.49. The van der Waals surface area contributed by atoms with Gasteiger partial charge in [-0.3, -0.25) is 4.79 Å². The molecule has 0 saturated carbocycles. The number of hydrogen-bond donors (Lipinski definition) is 3. The average Bonchev–Trinajstić information content (AvgIpc) is 2.59. The van der Waals surface area contributed by atoms with Crippen LogP contribution in [0.25, 0.3) is 0 Å². The molecule has 2 unspecified atom stereocenters. The van der Waals surface area contributed by atoms with Crippen molar-refractivity contribution >= 4 is 12.0 Å². The van der Waals surface area contributed by atoms with Crippen LogP contribution in [0.4, 0.5) is 9.18 Å². The summed E-state index contributed by atoms with van der Waals surface area (Å²) in [6, 6.07) is -0.719. The molecule has 9 nitrogen and oxygen atoms in total. The zero-order valence-electron chi connectivity index (χ0n) is 17.6. The molecule has 0 aliphatic heterocycles. The minimum absolute atomic E-state index is 0.0854. The van der Waals surface area contributed by atoms with Gasteiger partial charge in [0.05, 0.1) is 32.0 Å². The number of amides is 2. The first-order valence-electron chi connectivity index (χ1n) is 9.26. The summed E-state index contributed by atoms with van der Waals surface area (Å²) in [6.45, 7) is 9.98. The number of rotatable bonds is 14. The molecule has 0 aromatic heterocycles. The van der Waals surface area contributed by atoms with Crippen LogP contribution in [0.1, 0.15) is 34.6 Å². The third-order valence-electron chi connectivity index (χ3n) is 3.97. The quantitative estimate of drug-likeness (QED) is 0.360. The van der Waals surface area contributed by atoms with Gasteiger partial charge in [0.1, 0.15) is 19.4 Å².